The van der Waals surface area contributed by atoms with E-state index in [1.54, 1.807) is 36.1 Å². The first-order chi connectivity index (χ1) is 12.4. The quantitative estimate of drug-likeness (QED) is 0.573. The second-order valence-electron chi connectivity index (χ2n) is 6.23. The van der Waals surface area contributed by atoms with Crippen LogP contribution in [0.15, 0.2) is 35.0 Å². The van der Waals surface area contributed by atoms with E-state index in [9.17, 15) is 9.59 Å². The fourth-order valence-corrected chi connectivity index (χ4v) is 3.68. The molecule has 26 heavy (non-hydrogen) atoms. The molecule has 0 radical (unpaired) electrons. The van der Waals surface area contributed by atoms with E-state index < -0.39 is 5.97 Å². The Morgan fingerprint density at radius 3 is 2.81 bits per heavy atom. The molecule has 0 unspecified atom stereocenters. The molecule has 0 bridgehead atoms. The number of carbonyl (C=O) groups is 2. The summed E-state index contributed by atoms with van der Waals surface area (Å²) in [5, 5.41) is 0.895. The van der Waals surface area contributed by atoms with Gasteiger partial charge in [-0.3, -0.25) is 4.79 Å². The van der Waals surface area contributed by atoms with Gasteiger partial charge in [0.15, 0.2) is 0 Å². The second-order valence-corrected chi connectivity index (χ2v) is 7.07. The van der Waals surface area contributed by atoms with Crippen molar-refractivity contribution in [3.8, 4) is 0 Å². The molecule has 1 saturated heterocycles. The zero-order valence-corrected chi connectivity index (χ0v) is 16.1. The van der Waals surface area contributed by atoms with Crippen LogP contribution in [0.4, 0.5) is 0 Å². The molecular weight excluding hydrogens is 377 g/mol. The highest BCUT2D eigenvalue weighted by atomic mass is 35.5. The first-order valence-corrected chi connectivity index (χ1v) is 9.07. The fraction of sp³-hybridized carbons (Fsp3) is 0.368. The van der Waals surface area contributed by atoms with Crippen molar-refractivity contribution in [3.63, 3.8) is 0 Å². The van der Waals surface area contributed by atoms with Gasteiger partial charge in [0.2, 0.25) is 0 Å². The SMILES string of the molecule is COC(=O)C1=C(C)N(C[C@H]2CCCO2)C(=O)/C1=C\c1ccc(Cl)cc1Cl. The first kappa shape index (κ1) is 19.0. The molecule has 0 N–H and O–H groups in total. The van der Waals surface area contributed by atoms with E-state index in [1.165, 1.54) is 7.11 Å². The van der Waals surface area contributed by atoms with Crippen molar-refractivity contribution in [1.29, 1.82) is 0 Å². The summed E-state index contributed by atoms with van der Waals surface area (Å²) in [6.07, 6.45) is 3.45. The van der Waals surface area contributed by atoms with Crippen LogP contribution in [-0.4, -0.2) is 43.1 Å². The van der Waals surface area contributed by atoms with Crippen LogP contribution in [0.2, 0.25) is 10.0 Å². The van der Waals surface area contributed by atoms with Gasteiger partial charge >= 0.3 is 5.97 Å². The molecule has 1 aromatic carbocycles. The molecule has 0 saturated carbocycles. The maximum Gasteiger partial charge on any atom is 0.340 e. The van der Waals surface area contributed by atoms with Crippen molar-refractivity contribution < 1.29 is 19.1 Å². The summed E-state index contributed by atoms with van der Waals surface area (Å²) in [6.45, 7) is 2.85. The van der Waals surface area contributed by atoms with Crippen LogP contribution in [0.5, 0.6) is 0 Å². The first-order valence-electron chi connectivity index (χ1n) is 8.32. The zero-order chi connectivity index (χ0) is 18.8. The van der Waals surface area contributed by atoms with E-state index in [-0.39, 0.29) is 23.2 Å². The van der Waals surface area contributed by atoms with Crippen LogP contribution >= 0.6 is 23.2 Å². The topological polar surface area (TPSA) is 55.8 Å². The van der Waals surface area contributed by atoms with Crippen molar-refractivity contribution >= 4 is 41.2 Å². The molecule has 1 aromatic rings. The molecule has 2 aliphatic heterocycles. The summed E-state index contributed by atoms with van der Waals surface area (Å²) in [4.78, 5) is 26.9. The van der Waals surface area contributed by atoms with E-state index in [1.807, 2.05) is 0 Å². The lowest BCUT2D eigenvalue weighted by atomic mass is 10.0. The van der Waals surface area contributed by atoms with Gasteiger partial charge in [0.1, 0.15) is 0 Å². The lowest BCUT2D eigenvalue weighted by Gasteiger charge is -2.21. The Morgan fingerprint density at radius 1 is 1.42 bits per heavy atom. The Kier molecular flexibility index (Phi) is 5.70. The van der Waals surface area contributed by atoms with Crippen molar-refractivity contribution in [2.24, 2.45) is 0 Å². The largest absolute Gasteiger partial charge is 0.465 e. The van der Waals surface area contributed by atoms with Gasteiger partial charge in [0, 0.05) is 22.3 Å². The van der Waals surface area contributed by atoms with Crippen LogP contribution in [0.3, 0.4) is 0 Å². The zero-order valence-electron chi connectivity index (χ0n) is 14.6. The number of allylic oxidation sites excluding steroid dienone is 1. The summed E-state index contributed by atoms with van der Waals surface area (Å²) in [5.74, 6) is -0.813. The van der Waals surface area contributed by atoms with Crippen molar-refractivity contribution in [1.82, 2.24) is 4.90 Å². The maximum atomic E-state index is 13.0. The third-order valence-electron chi connectivity index (χ3n) is 4.57. The second kappa shape index (κ2) is 7.82. The van der Waals surface area contributed by atoms with Gasteiger partial charge < -0.3 is 14.4 Å². The lowest BCUT2D eigenvalue weighted by Crippen LogP contribution is -2.33. The Bertz CT molecular complexity index is 810. The molecule has 1 atom stereocenters. The third-order valence-corrected chi connectivity index (χ3v) is 5.14. The molecule has 0 spiro atoms. The monoisotopic (exact) mass is 395 g/mol. The Labute approximate surface area is 162 Å². The molecule has 2 aliphatic rings. The van der Waals surface area contributed by atoms with E-state index in [0.29, 0.717) is 34.5 Å². The number of rotatable bonds is 4. The van der Waals surface area contributed by atoms with Crippen LogP contribution < -0.4 is 0 Å². The molecule has 1 amide bonds. The number of hydrogen-bond acceptors (Lipinski definition) is 4. The number of carbonyl (C=O) groups excluding carboxylic acids is 2. The minimum Gasteiger partial charge on any atom is -0.465 e. The number of amides is 1. The minimum atomic E-state index is -0.554. The molecule has 0 aliphatic carbocycles. The molecule has 2 heterocycles. The molecule has 138 valence electrons. The maximum absolute atomic E-state index is 13.0. The van der Waals surface area contributed by atoms with Crippen LogP contribution in [-0.2, 0) is 19.1 Å². The minimum absolute atomic E-state index is 0.0220. The van der Waals surface area contributed by atoms with Crippen molar-refractivity contribution in [3.05, 3.63) is 50.7 Å². The van der Waals surface area contributed by atoms with Crippen LogP contribution in [0.25, 0.3) is 6.08 Å². The summed E-state index contributed by atoms with van der Waals surface area (Å²) < 4.78 is 10.5. The molecule has 3 rings (SSSR count). The standard InChI is InChI=1S/C19H19Cl2NO4/c1-11-17(19(24)25-2)15(8-12-5-6-13(20)9-16(12)21)18(23)22(11)10-14-4-3-7-26-14/h5-6,8-9,14H,3-4,7,10H2,1-2H3/b15-8-/t14-/m1/s1. The predicted molar refractivity (Wildman–Crippen MR) is 99.8 cm³/mol. The van der Waals surface area contributed by atoms with E-state index in [0.717, 1.165) is 12.8 Å². The lowest BCUT2D eigenvalue weighted by molar-refractivity contribution is -0.136. The number of nitrogens with zero attached hydrogens (tertiary/aromatic N) is 1. The van der Waals surface area contributed by atoms with Crippen LogP contribution in [0, 0.1) is 0 Å². The number of methoxy groups -OCH3 is 1. The summed E-state index contributed by atoms with van der Waals surface area (Å²) in [6, 6.07) is 4.98. The number of benzene rings is 1. The Morgan fingerprint density at radius 2 is 2.19 bits per heavy atom. The number of halogens is 2. The predicted octanol–water partition coefficient (Wildman–Crippen LogP) is 3.85. The average Bonchev–Trinajstić information content (AvgIpc) is 3.20. The summed E-state index contributed by atoms with van der Waals surface area (Å²) in [5.41, 5.74) is 1.68. The van der Waals surface area contributed by atoms with Crippen molar-refractivity contribution in [2.45, 2.75) is 25.9 Å². The average molecular weight is 396 g/mol. The van der Waals surface area contributed by atoms with Gasteiger partial charge in [-0.15, -0.1) is 0 Å². The number of ether oxygens (including phenoxy) is 2. The summed E-state index contributed by atoms with van der Waals surface area (Å²) >= 11 is 12.1. The Balaban J connectivity index is 2.00. The van der Waals surface area contributed by atoms with Gasteiger partial charge in [-0.25, -0.2) is 4.79 Å². The van der Waals surface area contributed by atoms with Crippen molar-refractivity contribution in [2.75, 3.05) is 20.3 Å². The van der Waals surface area contributed by atoms with E-state index in [2.05, 4.69) is 0 Å². The molecule has 5 nitrogen and oxygen atoms in total. The van der Waals surface area contributed by atoms with Gasteiger partial charge in [0.05, 0.1) is 30.9 Å². The van der Waals surface area contributed by atoms with Gasteiger partial charge in [-0.2, -0.15) is 0 Å². The smallest absolute Gasteiger partial charge is 0.340 e. The van der Waals surface area contributed by atoms with E-state index in [4.69, 9.17) is 32.7 Å². The van der Waals surface area contributed by atoms with Gasteiger partial charge in [-0.1, -0.05) is 29.3 Å². The molecule has 1 fully saturated rings. The summed E-state index contributed by atoms with van der Waals surface area (Å²) in [7, 11) is 1.29. The third kappa shape index (κ3) is 3.65. The fourth-order valence-electron chi connectivity index (χ4n) is 3.21. The Hall–Kier alpha value is -1.82. The van der Waals surface area contributed by atoms with Gasteiger partial charge in [-0.05, 0) is 43.5 Å². The highest BCUT2D eigenvalue weighted by Gasteiger charge is 2.38. The highest BCUT2D eigenvalue weighted by molar-refractivity contribution is 6.35. The number of esters is 1. The molecular formula is C19H19Cl2NO4. The van der Waals surface area contributed by atoms with E-state index >= 15 is 0 Å². The van der Waals surface area contributed by atoms with Crippen LogP contribution in [0.1, 0.15) is 25.3 Å². The highest BCUT2D eigenvalue weighted by Crippen LogP contribution is 2.34. The molecule has 0 aromatic heterocycles. The number of hydrogen-bond donors (Lipinski definition) is 0. The van der Waals surface area contributed by atoms with Gasteiger partial charge in [0.25, 0.3) is 5.91 Å². The molecule has 7 heteroatoms. The normalized spacial score (nSPS) is 21.8.